The summed E-state index contributed by atoms with van der Waals surface area (Å²) in [6.45, 7) is 8.32. The zero-order chi connectivity index (χ0) is 30.4. The largest absolute Gasteiger partial charge is 0.496 e. The maximum atomic E-state index is 13.4. The van der Waals surface area contributed by atoms with Crippen molar-refractivity contribution in [3.05, 3.63) is 94.2 Å². The van der Waals surface area contributed by atoms with E-state index in [1.54, 1.807) is 37.4 Å². The summed E-state index contributed by atoms with van der Waals surface area (Å²) in [5.41, 5.74) is 4.63. The summed E-state index contributed by atoms with van der Waals surface area (Å²) >= 11 is 0. The zero-order valence-corrected chi connectivity index (χ0v) is 24.6. The fraction of sp³-hybridized carbons (Fsp3) is 0.273. The van der Waals surface area contributed by atoms with Crippen LogP contribution in [0.3, 0.4) is 0 Å². The van der Waals surface area contributed by atoms with Crippen LogP contribution in [0.4, 0.5) is 5.69 Å². The number of nitriles is 1. The van der Waals surface area contributed by atoms with Crippen LogP contribution in [0.2, 0.25) is 0 Å². The topological polar surface area (TPSA) is 126 Å². The second-order valence-electron chi connectivity index (χ2n) is 10.8. The van der Waals surface area contributed by atoms with E-state index in [-0.39, 0.29) is 34.0 Å². The summed E-state index contributed by atoms with van der Waals surface area (Å²) in [5, 5.41) is 19.5. The third kappa shape index (κ3) is 6.61. The van der Waals surface area contributed by atoms with E-state index >= 15 is 0 Å². The smallest absolute Gasteiger partial charge is 0.289 e. The molecule has 216 valence electrons. The zero-order valence-electron chi connectivity index (χ0n) is 24.6. The number of anilines is 1. The molecule has 0 atom stereocenters. The second kappa shape index (κ2) is 12.6. The quantitative estimate of drug-likeness (QED) is 0.252. The van der Waals surface area contributed by atoms with Gasteiger partial charge in [0.1, 0.15) is 23.3 Å². The Morgan fingerprint density at radius 3 is 2.45 bits per heavy atom. The Morgan fingerprint density at radius 1 is 1.00 bits per heavy atom. The lowest BCUT2D eigenvalue weighted by Crippen LogP contribution is -2.25. The molecule has 9 heteroatoms. The maximum absolute atomic E-state index is 13.4. The number of nitrogens with zero attached hydrogens (tertiary/aromatic N) is 2. The van der Waals surface area contributed by atoms with Crippen LogP contribution in [0.25, 0.3) is 11.3 Å². The highest BCUT2D eigenvalue weighted by Gasteiger charge is 2.23. The fourth-order valence-corrected chi connectivity index (χ4v) is 4.52. The summed E-state index contributed by atoms with van der Waals surface area (Å²) in [7, 11) is 3.05. The van der Waals surface area contributed by atoms with Crippen molar-refractivity contribution >= 4 is 17.5 Å². The first-order chi connectivity index (χ1) is 20.0. The van der Waals surface area contributed by atoms with Gasteiger partial charge in [-0.3, -0.25) is 9.59 Å². The van der Waals surface area contributed by atoms with Crippen molar-refractivity contribution in [1.29, 1.82) is 5.26 Å². The van der Waals surface area contributed by atoms with Gasteiger partial charge in [-0.1, -0.05) is 50.2 Å². The minimum Gasteiger partial charge on any atom is -0.496 e. The Hall–Kier alpha value is -5.10. The number of hydrogen-bond donors (Lipinski definition) is 2. The molecule has 0 saturated heterocycles. The molecule has 1 heterocycles. The van der Waals surface area contributed by atoms with Gasteiger partial charge in [-0.15, -0.1) is 0 Å². The first-order valence-electron chi connectivity index (χ1n) is 13.5. The molecule has 0 aliphatic rings. The van der Waals surface area contributed by atoms with Crippen molar-refractivity contribution in [1.82, 2.24) is 10.5 Å². The predicted molar refractivity (Wildman–Crippen MR) is 160 cm³/mol. The Bertz CT molecular complexity index is 1660. The van der Waals surface area contributed by atoms with Gasteiger partial charge in [0.05, 0.1) is 25.3 Å². The maximum Gasteiger partial charge on any atom is 0.289 e. The lowest BCUT2D eigenvalue weighted by molar-refractivity contribution is 0.0916. The van der Waals surface area contributed by atoms with Crippen LogP contribution >= 0.6 is 0 Å². The highest BCUT2D eigenvalue weighted by atomic mass is 16.5. The van der Waals surface area contributed by atoms with Crippen LogP contribution < -0.4 is 20.1 Å². The van der Waals surface area contributed by atoms with Gasteiger partial charge in [0.25, 0.3) is 11.8 Å². The minimum atomic E-state index is -0.417. The molecule has 4 aromatic rings. The molecule has 0 bridgehead atoms. The summed E-state index contributed by atoms with van der Waals surface area (Å²) in [5.74, 6) is 0.256. The van der Waals surface area contributed by atoms with E-state index in [1.165, 1.54) is 7.11 Å². The number of aromatic nitrogens is 1. The van der Waals surface area contributed by atoms with Gasteiger partial charge in [-0.2, -0.15) is 5.26 Å². The number of aryl methyl sites for hydroxylation is 1. The first-order valence-corrected chi connectivity index (χ1v) is 13.5. The standard InChI is InChI=1S/C33H34N4O5/c1-20-11-12-24(36-31(38)26-16-23(33(2,3)4)15-22(19-34)30(26)41-6)17-25(20)27-18-29(42-37-27)32(39)35-14-13-21-9-7-8-10-28(21)40-5/h7-12,15-18H,13-14H2,1-6H3,(H,35,39)(H,36,38). The molecule has 42 heavy (non-hydrogen) atoms. The summed E-state index contributed by atoms with van der Waals surface area (Å²) in [6, 6.07) is 20.2. The second-order valence-corrected chi connectivity index (χ2v) is 10.8. The van der Waals surface area contributed by atoms with Crippen LogP contribution in [-0.4, -0.2) is 37.7 Å². The van der Waals surface area contributed by atoms with Crippen LogP contribution in [0, 0.1) is 18.3 Å². The van der Waals surface area contributed by atoms with Crippen molar-refractivity contribution in [2.24, 2.45) is 0 Å². The Labute approximate surface area is 245 Å². The van der Waals surface area contributed by atoms with Crippen molar-refractivity contribution in [3.63, 3.8) is 0 Å². The molecule has 0 spiro atoms. The van der Waals surface area contributed by atoms with Gasteiger partial charge in [0, 0.05) is 23.9 Å². The van der Waals surface area contributed by atoms with Gasteiger partial charge in [-0.05, 0) is 65.8 Å². The average molecular weight is 567 g/mol. The Balaban J connectivity index is 1.51. The molecule has 0 radical (unpaired) electrons. The molecule has 2 N–H and O–H groups in total. The number of nitrogens with one attached hydrogen (secondary N) is 2. The van der Waals surface area contributed by atoms with Crippen molar-refractivity contribution in [3.8, 4) is 28.8 Å². The van der Waals surface area contributed by atoms with Gasteiger partial charge in [-0.25, -0.2) is 0 Å². The van der Waals surface area contributed by atoms with Crippen LogP contribution in [0.15, 0.2) is 65.2 Å². The fourth-order valence-electron chi connectivity index (χ4n) is 4.52. The highest BCUT2D eigenvalue weighted by molar-refractivity contribution is 6.07. The molecule has 0 unspecified atom stereocenters. The highest BCUT2D eigenvalue weighted by Crippen LogP contribution is 2.33. The monoisotopic (exact) mass is 566 g/mol. The van der Waals surface area contributed by atoms with E-state index in [0.29, 0.717) is 29.9 Å². The number of methoxy groups -OCH3 is 2. The summed E-state index contributed by atoms with van der Waals surface area (Å²) < 4.78 is 16.2. The Morgan fingerprint density at radius 2 is 1.76 bits per heavy atom. The van der Waals surface area contributed by atoms with E-state index in [1.807, 2.05) is 58.0 Å². The van der Waals surface area contributed by atoms with E-state index in [9.17, 15) is 14.9 Å². The predicted octanol–water partition coefficient (Wildman–Crippen LogP) is 6.06. The normalized spacial score (nSPS) is 11.0. The third-order valence-electron chi connectivity index (χ3n) is 6.90. The summed E-state index contributed by atoms with van der Waals surface area (Å²) in [6.07, 6.45) is 0.594. The van der Waals surface area contributed by atoms with E-state index in [0.717, 1.165) is 22.4 Å². The van der Waals surface area contributed by atoms with Gasteiger partial charge in [0.15, 0.2) is 0 Å². The van der Waals surface area contributed by atoms with E-state index in [4.69, 9.17) is 14.0 Å². The van der Waals surface area contributed by atoms with Gasteiger partial charge in [0.2, 0.25) is 5.76 Å². The third-order valence-corrected chi connectivity index (χ3v) is 6.90. The van der Waals surface area contributed by atoms with Crippen LogP contribution in [-0.2, 0) is 11.8 Å². The molecule has 1 aromatic heterocycles. The number of carbonyl (C=O) groups is 2. The van der Waals surface area contributed by atoms with Crippen LogP contribution in [0.1, 0.15) is 63.9 Å². The molecule has 4 rings (SSSR count). The van der Waals surface area contributed by atoms with Crippen LogP contribution in [0.5, 0.6) is 11.5 Å². The van der Waals surface area contributed by atoms with Crippen molar-refractivity contribution in [2.75, 3.05) is 26.1 Å². The molecular formula is C33H34N4O5. The minimum absolute atomic E-state index is 0.0756. The molecule has 0 aliphatic carbocycles. The SMILES string of the molecule is COc1ccccc1CCNC(=O)c1cc(-c2cc(NC(=O)c3cc(C(C)(C)C)cc(C#N)c3OC)ccc2C)no1. The molecule has 9 nitrogen and oxygen atoms in total. The number of rotatable bonds is 9. The number of para-hydroxylation sites is 1. The lowest BCUT2D eigenvalue weighted by Gasteiger charge is -2.22. The van der Waals surface area contributed by atoms with Gasteiger partial charge >= 0.3 is 0 Å². The number of ether oxygens (including phenoxy) is 2. The number of benzene rings is 3. The Kier molecular flexibility index (Phi) is 8.96. The molecule has 0 saturated carbocycles. The molecular weight excluding hydrogens is 532 g/mol. The summed E-state index contributed by atoms with van der Waals surface area (Å²) in [4.78, 5) is 26.1. The lowest BCUT2D eigenvalue weighted by atomic mass is 9.84. The van der Waals surface area contributed by atoms with Crippen molar-refractivity contribution < 1.29 is 23.6 Å². The molecule has 3 aromatic carbocycles. The molecule has 2 amide bonds. The number of amides is 2. The van der Waals surface area contributed by atoms with Gasteiger partial charge < -0.3 is 24.6 Å². The average Bonchev–Trinajstić information content (AvgIpc) is 3.47. The molecule has 0 fully saturated rings. The molecule has 0 aliphatic heterocycles. The van der Waals surface area contributed by atoms with Crippen molar-refractivity contribution in [2.45, 2.75) is 39.5 Å². The first kappa shape index (κ1) is 29.9. The number of hydrogen-bond acceptors (Lipinski definition) is 7. The van der Waals surface area contributed by atoms with E-state index < -0.39 is 5.91 Å². The van der Waals surface area contributed by atoms with E-state index in [2.05, 4.69) is 21.9 Å². The number of carbonyl (C=O) groups excluding carboxylic acids is 2.